The van der Waals surface area contributed by atoms with E-state index in [-0.39, 0.29) is 11.7 Å². The molecule has 0 aliphatic carbocycles. The lowest BCUT2D eigenvalue weighted by atomic mass is 9.89. The molecule has 0 heterocycles. The average Bonchev–Trinajstić information content (AvgIpc) is 2.59. The number of benzene rings is 2. The zero-order valence-corrected chi connectivity index (χ0v) is 13.9. The van der Waals surface area contributed by atoms with Gasteiger partial charge < -0.3 is 19.3 Å². The number of methoxy groups -OCH3 is 3. The Morgan fingerprint density at radius 2 is 1.61 bits per heavy atom. The van der Waals surface area contributed by atoms with Crippen LogP contribution in [0.15, 0.2) is 48.6 Å². The van der Waals surface area contributed by atoms with Crippen molar-refractivity contribution >= 4 is 0 Å². The van der Waals surface area contributed by atoms with E-state index < -0.39 is 0 Å². The molecular formula is C19H22O4. The molecule has 0 saturated heterocycles. The number of aromatic hydroxyl groups is 1. The number of allylic oxidation sites excluding steroid dienone is 2. The molecule has 0 spiro atoms. The molecule has 0 aliphatic heterocycles. The lowest BCUT2D eigenvalue weighted by molar-refractivity contribution is 0.354. The number of hydrogen-bond acceptors (Lipinski definition) is 4. The second-order valence-corrected chi connectivity index (χ2v) is 5.02. The first kappa shape index (κ1) is 16.7. The fourth-order valence-electron chi connectivity index (χ4n) is 2.59. The monoisotopic (exact) mass is 314 g/mol. The highest BCUT2D eigenvalue weighted by Crippen LogP contribution is 2.40. The van der Waals surface area contributed by atoms with Crippen molar-refractivity contribution in [3.05, 3.63) is 59.7 Å². The summed E-state index contributed by atoms with van der Waals surface area (Å²) < 4.78 is 15.9. The van der Waals surface area contributed by atoms with Gasteiger partial charge in [-0.2, -0.15) is 0 Å². The first-order chi connectivity index (χ1) is 11.2. The summed E-state index contributed by atoms with van der Waals surface area (Å²) >= 11 is 0. The molecule has 0 radical (unpaired) electrons. The van der Waals surface area contributed by atoms with Crippen LogP contribution in [0.3, 0.4) is 0 Å². The molecule has 0 aromatic heterocycles. The Kier molecular flexibility index (Phi) is 5.52. The second kappa shape index (κ2) is 7.58. The summed E-state index contributed by atoms with van der Waals surface area (Å²) in [6, 6.07) is 11.2. The largest absolute Gasteiger partial charge is 0.504 e. The minimum atomic E-state index is -0.116. The van der Waals surface area contributed by atoms with Crippen molar-refractivity contribution in [3.8, 4) is 23.0 Å². The molecule has 4 nitrogen and oxygen atoms in total. The van der Waals surface area contributed by atoms with Crippen molar-refractivity contribution in [1.29, 1.82) is 0 Å². The van der Waals surface area contributed by atoms with Gasteiger partial charge in [0.1, 0.15) is 0 Å². The summed E-state index contributed by atoms with van der Waals surface area (Å²) in [7, 11) is 4.75. The fourth-order valence-corrected chi connectivity index (χ4v) is 2.59. The van der Waals surface area contributed by atoms with Crippen LogP contribution >= 0.6 is 0 Å². The van der Waals surface area contributed by atoms with Crippen molar-refractivity contribution < 1.29 is 19.3 Å². The highest BCUT2D eigenvalue weighted by molar-refractivity contribution is 5.54. The van der Waals surface area contributed by atoms with Crippen LogP contribution in [0.2, 0.25) is 0 Å². The molecule has 23 heavy (non-hydrogen) atoms. The van der Waals surface area contributed by atoms with Crippen molar-refractivity contribution in [2.24, 2.45) is 0 Å². The third-order valence-electron chi connectivity index (χ3n) is 3.74. The molecule has 0 fully saturated rings. The van der Waals surface area contributed by atoms with Crippen molar-refractivity contribution in [2.75, 3.05) is 21.3 Å². The zero-order chi connectivity index (χ0) is 16.8. The molecular weight excluding hydrogens is 292 g/mol. The standard InChI is InChI=1S/C19H22O4/c1-5-7-14(15-8-6-9-17(22-3)19(15)20)13-10-11-16(21-2)18(12-13)23-4/h5-12,14,20H,1-4H3. The minimum absolute atomic E-state index is 0.116. The summed E-state index contributed by atoms with van der Waals surface area (Å²) in [4.78, 5) is 0. The van der Waals surface area contributed by atoms with Gasteiger partial charge in [-0.1, -0.05) is 30.4 Å². The van der Waals surface area contributed by atoms with E-state index in [0.717, 1.165) is 11.1 Å². The third-order valence-corrected chi connectivity index (χ3v) is 3.74. The van der Waals surface area contributed by atoms with Crippen LogP contribution in [0.5, 0.6) is 23.0 Å². The lowest BCUT2D eigenvalue weighted by Gasteiger charge is -2.18. The van der Waals surface area contributed by atoms with Crippen molar-refractivity contribution in [3.63, 3.8) is 0 Å². The Labute approximate surface area is 136 Å². The number of ether oxygens (including phenoxy) is 3. The van der Waals surface area contributed by atoms with E-state index in [0.29, 0.717) is 17.2 Å². The Bertz CT molecular complexity index is 692. The van der Waals surface area contributed by atoms with E-state index in [4.69, 9.17) is 14.2 Å². The van der Waals surface area contributed by atoms with Crippen molar-refractivity contribution in [1.82, 2.24) is 0 Å². The van der Waals surface area contributed by atoms with Gasteiger partial charge >= 0.3 is 0 Å². The number of phenols is 1. The number of hydrogen-bond donors (Lipinski definition) is 1. The molecule has 0 aliphatic rings. The maximum Gasteiger partial charge on any atom is 0.161 e. The Morgan fingerprint density at radius 3 is 2.22 bits per heavy atom. The Morgan fingerprint density at radius 1 is 0.913 bits per heavy atom. The minimum Gasteiger partial charge on any atom is -0.504 e. The molecule has 0 amide bonds. The first-order valence-corrected chi connectivity index (χ1v) is 7.36. The van der Waals surface area contributed by atoms with Crippen molar-refractivity contribution in [2.45, 2.75) is 12.8 Å². The van der Waals surface area contributed by atoms with Gasteiger partial charge in [-0.15, -0.1) is 0 Å². The molecule has 2 aromatic carbocycles. The predicted molar refractivity (Wildman–Crippen MR) is 90.9 cm³/mol. The normalized spacial score (nSPS) is 12.2. The fraction of sp³-hybridized carbons (Fsp3) is 0.263. The average molecular weight is 314 g/mol. The molecule has 1 atom stereocenters. The van der Waals surface area contributed by atoms with Gasteiger partial charge in [0.2, 0.25) is 0 Å². The van der Waals surface area contributed by atoms with E-state index in [2.05, 4.69) is 0 Å². The number of para-hydroxylation sites is 1. The molecule has 0 saturated carbocycles. The quantitative estimate of drug-likeness (QED) is 0.815. The molecule has 122 valence electrons. The molecule has 2 aromatic rings. The summed E-state index contributed by atoms with van der Waals surface area (Å²) in [5.74, 6) is 1.81. The van der Waals surface area contributed by atoms with Gasteiger partial charge in [0.15, 0.2) is 23.0 Å². The Balaban J connectivity index is 2.55. The summed E-state index contributed by atoms with van der Waals surface area (Å²) in [5, 5.41) is 10.5. The van der Waals surface area contributed by atoms with Crippen LogP contribution in [0.4, 0.5) is 0 Å². The molecule has 2 rings (SSSR count). The van der Waals surface area contributed by atoms with E-state index in [9.17, 15) is 5.11 Å². The smallest absolute Gasteiger partial charge is 0.161 e. The maximum atomic E-state index is 10.5. The maximum absolute atomic E-state index is 10.5. The van der Waals surface area contributed by atoms with Gasteiger partial charge in [0.25, 0.3) is 0 Å². The van der Waals surface area contributed by atoms with Gasteiger partial charge in [-0.25, -0.2) is 0 Å². The molecule has 4 heteroatoms. The zero-order valence-electron chi connectivity index (χ0n) is 13.9. The van der Waals surface area contributed by atoms with Gasteiger partial charge in [-0.05, 0) is 30.7 Å². The molecule has 1 N–H and O–H groups in total. The highest BCUT2D eigenvalue weighted by atomic mass is 16.5. The predicted octanol–water partition coefficient (Wildman–Crippen LogP) is 4.13. The van der Waals surface area contributed by atoms with E-state index in [1.807, 2.05) is 49.4 Å². The summed E-state index contributed by atoms with van der Waals surface area (Å²) in [6.07, 6.45) is 3.98. The van der Waals surface area contributed by atoms with Crippen LogP contribution < -0.4 is 14.2 Å². The van der Waals surface area contributed by atoms with Crippen LogP contribution in [0.1, 0.15) is 24.0 Å². The lowest BCUT2D eigenvalue weighted by Crippen LogP contribution is -2.01. The topological polar surface area (TPSA) is 47.9 Å². The van der Waals surface area contributed by atoms with E-state index in [1.54, 1.807) is 27.4 Å². The highest BCUT2D eigenvalue weighted by Gasteiger charge is 2.19. The molecule has 0 bridgehead atoms. The van der Waals surface area contributed by atoms with Crippen LogP contribution in [-0.4, -0.2) is 26.4 Å². The first-order valence-electron chi connectivity index (χ1n) is 7.36. The number of rotatable bonds is 6. The van der Waals surface area contributed by atoms with E-state index in [1.165, 1.54) is 0 Å². The van der Waals surface area contributed by atoms with Gasteiger partial charge in [0.05, 0.1) is 21.3 Å². The Hall–Kier alpha value is -2.62. The number of phenolic OH excluding ortho intramolecular Hbond substituents is 1. The summed E-state index contributed by atoms with van der Waals surface area (Å²) in [6.45, 7) is 1.95. The second-order valence-electron chi connectivity index (χ2n) is 5.02. The van der Waals surface area contributed by atoms with Crippen LogP contribution in [0.25, 0.3) is 0 Å². The van der Waals surface area contributed by atoms with Crippen LogP contribution in [0, 0.1) is 0 Å². The van der Waals surface area contributed by atoms with Gasteiger partial charge in [-0.3, -0.25) is 0 Å². The summed E-state index contributed by atoms with van der Waals surface area (Å²) in [5.41, 5.74) is 1.76. The third kappa shape index (κ3) is 3.42. The SMILES string of the molecule is CC=CC(c1ccc(OC)c(OC)c1)c1cccc(OC)c1O. The van der Waals surface area contributed by atoms with E-state index >= 15 is 0 Å². The van der Waals surface area contributed by atoms with Crippen LogP contribution in [-0.2, 0) is 0 Å². The molecule has 1 unspecified atom stereocenters. The van der Waals surface area contributed by atoms with Gasteiger partial charge in [0, 0.05) is 11.5 Å².